The first-order valence-electron chi connectivity index (χ1n) is 9.72. The Kier molecular flexibility index (Phi) is 7.73. The molecular weight excluding hydrogens is 487 g/mol. The van der Waals surface area contributed by atoms with Gasteiger partial charge in [-0.1, -0.05) is 35.3 Å². The van der Waals surface area contributed by atoms with Crippen LogP contribution in [0.1, 0.15) is 5.56 Å². The molecule has 0 atom stereocenters. The molecule has 0 bridgehead atoms. The van der Waals surface area contributed by atoms with Gasteiger partial charge in [0.15, 0.2) is 0 Å². The molecule has 0 aliphatic heterocycles. The summed E-state index contributed by atoms with van der Waals surface area (Å²) in [6.07, 6.45) is 0. The lowest BCUT2D eigenvalue weighted by Gasteiger charge is -2.24. The molecule has 0 fully saturated rings. The number of sulfonamides is 1. The highest BCUT2D eigenvalue weighted by molar-refractivity contribution is 7.92. The average Bonchev–Trinajstić information content (AvgIpc) is 2.78. The van der Waals surface area contributed by atoms with E-state index in [2.05, 4.69) is 5.32 Å². The number of ether oxygens (including phenoxy) is 2. The molecule has 10 heteroatoms. The van der Waals surface area contributed by atoms with Crippen molar-refractivity contribution in [2.24, 2.45) is 0 Å². The zero-order chi connectivity index (χ0) is 24.2. The fraction of sp³-hybridized carbons (Fsp3) is 0.174. The number of hydrogen-bond acceptors (Lipinski definition) is 5. The van der Waals surface area contributed by atoms with Crippen LogP contribution in [0.3, 0.4) is 0 Å². The summed E-state index contributed by atoms with van der Waals surface area (Å²) in [6, 6.07) is 15.6. The standard InChI is InChI=1S/C23H22Cl2N2O5S/c1-15-5-4-6-17(11-15)27(33(29,30)18-9-7-16(24)8-10-18)14-23(28)26-20-13-21(31-2)19(25)12-22(20)32-3/h4-13H,14H2,1-3H3,(H,26,28). The first-order valence-corrected chi connectivity index (χ1v) is 11.9. The van der Waals surface area contributed by atoms with Crippen molar-refractivity contribution < 1.29 is 22.7 Å². The van der Waals surface area contributed by atoms with Crippen molar-refractivity contribution in [2.45, 2.75) is 11.8 Å². The van der Waals surface area contributed by atoms with Crippen molar-refractivity contribution >= 4 is 50.5 Å². The van der Waals surface area contributed by atoms with Gasteiger partial charge in [0.25, 0.3) is 10.0 Å². The van der Waals surface area contributed by atoms with Crippen molar-refractivity contribution in [2.75, 3.05) is 30.4 Å². The minimum atomic E-state index is -4.07. The van der Waals surface area contributed by atoms with Crippen molar-refractivity contribution in [1.82, 2.24) is 0 Å². The Morgan fingerprint density at radius 2 is 1.64 bits per heavy atom. The van der Waals surface area contributed by atoms with Gasteiger partial charge in [-0.2, -0.15) is 0 Å². The van der Waals surface area contributed by atoms with Crippen LogP contribution in [0.4, 0.5) is 11.4 Å². The number of carbonyl (C=O) groups excluding carboxylic acids is 1. The molecule has 0 saturated carbocycles. The number of halogens is 2. The number of nitrogens with one attached hydrogen (secondary N) is 1. The van der Waals surface area contributed by atoms with Crippen molar-refractivity contribution in [1.29, 1.82) is 0 Å². The van der Waals surface area contributed by atoms with Crippen LogP contribution in [0.25, 0.3) is 0 Å². The van der Waals surface area contributed by atoms with Crippen LogP contribution in [-0.2, 0) is 14.8 Å². The molecule has 1 N–H and O–H groups in total. The Labute approximate surface area is 202 Å². The van der Waals surface area contributed by atoms with Crippen LogP contribution < -0.4 is 19.1 Å². The van der Waals surface area contributed by atoms with Gasteiger partial charge < -0.3 is 14.8 Å². The molecule has 7 nitrogen and oxygen atoms in total. The van der Waals surface area contributed by atoms with Gasteiger partial charge in [-0.05, 0) is 48.9 Å². The number of benzene rings is 3. The van der Waals surface area contributed by atoms with E-state index in [-0.39, 0.29) is 10.6 Å². The van der Waals surface area contributed by atoms with Crippen LogP contribution in [-0.4, -0.2) is 35.1 Å². The highest BCUT2D eigenvalue weighted by atomic mass is 35.5. The minimum Gasteiger partial charge on any atom is -0.495 e. The zero-order valence-corrected chi connectivity index (χ0v) is 20.5. The lowest BCUT2D eigenvalue weighted by atomic mass is 10.2. The number of rotatable bonds is 8. The Morgan fingerprint density at radius 1 is 0.970 bits per heavy atom. The highest BCUT2D eigenvalue weighted by Gasteiger charge is 2.28. The van der Waals surface area contributed by atoms with E-state index in [0.29, 0.717) is 27.2 Å². The van der Waals surface area contributed by atoms with Gasteiger partial charge in [-0.25, -0.2) is 8.42 Å². The number of nitrogens with zero attached hydrogens (tertiary/aromatic N) is 1. The fourth-order valence-corrected chi connectivity index (χ4v) is 4.88. The summed E-state index contributed by atoms with van der Waals surface area (Å²) in [7, 11) is -1.20. The van der Waals surface area contributed by atoms with Crippen molar-refractivity contribution in [3.05, 3.63) is 76.3 Å². The molecular formula is C23H22Cl2N2O5S. The molecule has 0 aliphatic rings. The molecule has 0 radical (unpaired) electrons. The maximum absolute atomic E-state index is 13.5. The molecule has 0 unspecified atom stereocenters. The number of anilines is 2. The third-order valence-corrected chi connectivity index (χ3v) is 7.06. The molecule has 3 rings (SSSR count). The summed E-state index contributed by atoms with van der Waals surface area (Å²) in [5.74, 6) is 0.0469. The Hall–Kier alpha value is -2.94. The molecule has 0 spiro atoms. The summed E-state index contributed by atoms with van der Waals surface area (Å²) >= 11 is 12.0. The lowest BCUT2D eigenvalue weighted by Crippen LogP contribution is -2.38. The third kappa shape index (κ3) is 5.71. The van der Waals surface area contributed by atoms with E-state index in [9.17, 15) is 13.2 Å². The second-order valence-electron chi connectivity index (χ2n) is 7.04. The predicted octanol–water partition coefficient (Wildman–Crippen LogP) is 5.15. The monoisotopic (exact) mass is 508 g/mol. The highest BCUT2D eigenvalue weighted by Crippen LogP contribution is 2.36. The zero-order valence-electron chi connectivity index (χ0n) is 18.1. The summed E-state index contributed by atoms with van der Waals surface area (Å²) < 4.78 is 38.4. The fourth-order valence-electron chi connectivity index (χ4n) is 3.11. The maximum atomic E-state index is 13.5. The van der Waals surface area contributed by atoms with E-state index in [4.69, 9.17) is 32.7 Å². The Morgan fingerprint density at radius 3 is 2.24 bits per heavy atom. The number of aryl methyl sites for hydroxylation is 1. The molecule has 3 aromatic rings. The van der Waals surface area contributed by atoms with E-state index in [1.54, 1.807) is 18.2 Å². The molecule has 0 aromatic heterocycles. The van der Waals surface area contributed by atoms with E-state index < -0.39 is 22.5 Å². The third-order valence-electron chi connectivity index (χ3n) is 4.73. The molecule has 33 heavy (non-hydrogen) atoms. The van der Waals surface area contributed by atoms with Gasteiger partial charge in [0.2, 0.25) is 5.91 Å². The van der Waals surface area contributed by atoms with E-state index >= 15 is 0 Å². The van der Waals surface area contributed by atoms with Gasteiger partial charge in [0.1, 0.15) is 18.0 Å². The summed E-state index contributed by atoms with van der Waals surface area (Å²) in [6.45, 7) is 1.35. The second-order valence-corrected chi connectivity index (χ2v) is 9.75. The number of hydrogen-bond donors (Lipinski definition) is 1. The van der Waals surface area contributed by atoms with E-state index in [1.807, 2.05) is 13.0 Å². The molecule has 3 aromatic carbocycles. The molecule has 0 heterocycles. The second kappa shape index (κ2) is 10.3. The quantitative estimate of drug-likeness (QED) is 0.454. The van der Waals surface area contributed by atoms with Gasteiger partial charge in [-0.15, -0.1) is 0 Å². The van der Waals surface area contributed by atoms with Crippen molar-refractivity contribution in [3.8, 4) is 11.5 Å². The molecule has 0 aliphatic carbocycles. The average molecular weight is 509 g/mol. The topological polar surface area (TPSA) is 84.9 Å². The van der Waals surface area contributed by atoms with Gasteiger partial charge in [0, 0.05) is 17.2 Å². The molecule has 174 valence electrons. The summed E-state index contributed by atoms with van der Waals surface area (Å²) in [4.78, 5) is 13.0. The van der Waals surface area contributed by atoms with Crippen LogP contribution in [0.2, 0.25) is 10.0 Å². The van der Waals surface area contributed by atoms with E-state index in [1.165, 1.54) is 50.6 Å². The SMILES string of the molecule is COc1cc(NC(=O)CN(c2cccc(C)c2)S(=O)(=O)c2ccc(Cl)cc2)c(OC)cc1Cl. The Bertz CT molecular complexity index is 1260. The summed E-state index contributed by atoms with van der Waals surface area (Å²) in [5, 5.41) is 3.39. The number of amides is 1. The van der Waals surface area contributed by atoms with Crippen molar-refractivity contribution in [3.63, 3.8) is 0 Å². The van der Waals surface area contributed by atoms with Gasteiger partial charge in [0.05, 0.1) is 35.5 Å². The summed E-state index contributed by atoms with van der Waals surface area (Å²) in [5.41, 5.74) is 1.48. The minimum absolute atomic E-state index is 0.00643. The van der Waals surface area contributed by atoms with Crippen LogP contribution in [0.5, 0.6) is 11.5 Å². The first-order chi connectivity index (χ1) is 15.6. The largest absolute Gasteiger partial charge is 0.495 e. The lowest BCUT2D eigenvalue weighted by molar-refractivity contribution is -0.114. The Balaban J connectivity index is 1.98. The molecule has 1 amide bonds. The molecule has 0 saturated heterocycles. The maximum Gasteiger partial charge on any atom is 0.264 e. The van der Waals surface area contributed by atoms with Gasteiger partial charge >= 0.3 is 0 Å². The normalized spacial score (nSPS) is 11.1. The first kappa shape index (κ1) is 24.7. The number of methoxy groups -OCH3 is 2. The van der Waals surface area contributed by atoms with Crippen LogP contribution in [0.15, 0.2) is 65.6 Å². The van der Waals surface area contributed by atoms with Crippen LogP contribution >= 0.6 is 23.2 Å². The smallest absolute Gasteiger partial charge is 0.264 e. The van der Waals surface area contributed by atoms with E-state index in [0.717, 1.165) is 9.87 Å². The number of carbonyl (C=O) groups is 1. The van der Waals surface area contributed by atoms with Gasteiger partial charge in [-0.3, -0.25) is 9.10 Å². The predicted molar refractivity (Wildman–Crippen MR) is 130 cm³/mol. The van der Waals surface area contributed by atoms with Crippen LogP contribution in [0, 0.1) is 6.92 Å².